The van der Waals surface area contributed by atoms with Crippen LogP contribution in [0.3, 0.4) is 0 Å². The Balaban J connectivity index is 0. The van der Waals surface area contributed by atoms with E-state index in [2.05, 4.69) is 0 Å². The molecule has 20 heavy (non-hydrogen) atoms. The first-order valence-electron chi connectivity index (χ1n) is 6.61. The molecule has 0 saturated heterocycles. The van der Waals surface area contributed by atoms with Gasteiger partial charge in [-0.3, -0.25) is 0 Å². The second kappa shape index (κ2) is 13.7. The number of hydrogen-bond donors (Lipinski definition) is 2. The summed E-state index contributed by atoms with van der Waals surface area (Å²) in [6.07, 6.45) is -1.25. The number of rotatable bonds is 12. The number of hydrogen-bond acceptors (Lipinski definition) is 6. The van der Waals surface area contributed by atoms with E-state index in [0.29, 0.717) is 19.8 Å². The molecule has 2 N–H and O–H groups in total. The molecule has 0 saturated carbocycles. The van der Waals surface area contributed by atoms with Crippen molar-refractivity contribution in [2.24, 2.45) is 0 Å². The van der Waals surface area contributed by atoms with E-state index < -0.39 is 12.2 Å². The van der Waals surface area contributed by atoms with Gasteiger partial charge in [-0.05, 0) is 20.8 Å². The predicted octanol–water partition coefficient (Wildman–Crippen LogP) is 0.837. The number of aliphatic hydroxyl groups excluding tert-OH is 2. The fourth-order valence-electron chi connectivity index (χ4n) is 1.22. The molecule has 0 bridgehead atoms. The Morgan fingerprint density at radius 1 is 0.800 bits per heavy atom. The van der Waals surface area contributed by atoms with Crippen molar-refractivity contribution in [3.63, 3.8) is 0 Å². The van der Waals surface area contributed by atoms with Gasteiger partial charge in [0.15, 0.2) is 0 Å². The lowest BCUT2D eigenvalue weighted by atomic mass is 10.3. The van der Waals surface area contributed by atoms with Gasteiger partial charge in [-0.25, -0.2) is 0 Å². The summed E-state index contributed by atoms with van der Waals surface area (Å²) in [5.74, 6) is 0. The smallest absolute Gasteiger partial charge is 0.104 e. The predicted molar refractivity (Wildman–Crippen MR) is 77.9 cm³/mol. The van der Waals surface area contributed by atoms with E-state index in [-0.39, 0.29) is 32.8 Å². The van der Waals surface area contributed by atoms with Gasteiger partial charge in [0, 0.05) is 7.11 Å². The summed E-state index contributed by atoms with van der Waals surface area (Å²) < 4.78 is 21.4. The van der Waals surface area contributed by atoms with Crippen molar-refractivity contribution in [3.05, 3.63) is 0 Å². The Bertz CT molecular complexity index is 184. The molecule has 124 valence electrons. The average molecular weight is 296 g/mol. The minimum absolute atomic E-state index is 0. The molecule has 0 aromatic rings. The van der Waals surface area contributed by atoms with Crippen LogP contribution < -0.4 is 0 Å². The monoisotopic (exact) mass is 296 g/mol. The molecule has 0 fully saturated rings. The van der Waals surface area contributed by atoms with Crippen molar-refractivity contribution in [1.29, 1.82) is 0 Å². The molecule has 0 spiro atoms. The van der Waals surface area contributed by atoms with Gasteiger partial charge in [-0.15, -0.1) is 0 Å². The molecular formula is C14H32O6. The van der Waals surface area contributed by atoms with Crippen molar-refractivity contribution in [1.82, 2.24) is 0 Å². The van der Waals surface area contributed by atoms with E-state index in [1.54, 1.807) is 21.0 Å². The molecule has 0 aliphatic carbocycles. The molecule has 6 heteroatoms. The Kier molecular flexibility index (Phi) is 15.1. The summed E-state index contributed by atoms with van der Waals surface area (Å²) in [6.45, 7) is 6.86. The molecule has 0 aliphatic rings. The summed E-state index contributed by atoms with van der Waals surface area (Å²) in [5, 5.41) is 18.2. The van der Waals surface area contributed by atoms with Gasteiger partial charge in [0.2, 0.25) is 0 Å². The molecule has 0 radical (unpaired) electrons. The first-order chi connectivity index (χ1) is 8.95. The summed E-state index contributed by atoms with van der Waals surface area (Å²) in [6, 6.07) is 0. The number of methoxy groups -OCH3 is 1. The molecule has 3 atom stereocenters. The second-order valence-corrected chi connectivity index (χ2v) is 4.77. The number of aliphatic hydroxyl groups is 2. The third-order valence-electron chi connectivity index (χ3n) is 2.29. The number of ether oxygens (including phenoxy) is 4. The van der Waals surface area contributed by atoms with E-state index in [4.69, 9.17) is 29.2 Å². The SMILES string of the molecule is C.COC(C)COC(COCC(C)O)COCC(C)O. The van der Waals surface area contributed by atoms with Crippen LogP contribution in [0.1, 0.15) is 28.2 Å². The van der Waals surface area contributed by atoms with Crippen LogP contribution >= 0.6 is 0 Å². The van der Waals surface area contributed by atoms with Crippen LogP contribution in [0.5, 0.6) is 0 Å². The Hall–Kier alpha value is -0.240. The quantitative estimate of drug-likeness (QED) is 0.556. The zero-order valence-corrected chi connectivity index (χ0v) is 12.4. The maximum absolute atomic E-state index is 9.12. The lowest BCUT2D eigenvalue weighted by Crippen LogP contribution is -2.31. The molecule has 0 amide bonds. The van der Waals surface area contributed by atoms with Crippen LogP contribution in [0.25, 0.3) is 0 Å². The van der Waals surface area contributed by atoms with Crippen LogP contribution in [-0.4, -0.2) is 74.8 Å². The maximum atomic E-state index is 9.12. The zero-order chi connectivity index (χ0) is 14.7. The highest BCUT2D eigenvalue weighted by molar-refractivity contribution is 4.59. The molecular weight excluding hydrogens is 264 g/mol. The molecule has 0 aromatic heterocycles. The lowest BCUT2D eigenvalue weighted by molar-refractivity contribution is -0.0967. The fraction of sp³-hybridized carbons (Fsp3) is 1.00. The molecule has 3 unspecified atom stereocenters. The molecule has 6 nitrogen and oxygen atoms in total. The van der Waals surface area contributed by atoms with Crippen molar-refractivity contribution < 1.29 is 29.2 Å². The van der Waals surface area contributed by atoms with E-state index in [9.17, 15) is 0 Å². The van der Waals surface area contributed by atoms with E-state index >= 15 is 0 Å². The van der Waals surface area contributed by atoms with Gasteiger partial charge in [-0.1, -0.05) is 7.43 Å². The fourth-order valence-corrected chi connectivity index (χ4v) is 1.22. The van der Waals surface area contributed by atoms with Crippen molar-refractivity contribution >= 4 is 0 Å². The lowest BCUT2D eigenvalue weighted by Gasteiger charge is -2.21. The van der Waals surface area contributed by atoms with Gasteiger partial charge < -0.3 is 29.2 Å². The van der Waals surface area contributed by atoms with Crippen LogP contribution in [0, 0.1) is 0 Å². The van der Waals surface area contributed by atoms with Crippen LogP contribution in [-0.2, 0) is 18.9 Å². The molecule has 0 heterocycles. The third-order valence-corrected chi connectivity index (χ3v) is 2.29. The highest BCUT2D eigenvalue weighted by Crippen LogP contribution is 2.00. The van der Waals surface area contributed by atoms with Gasteiger partial charge in [0.05, 0.1) is 51.3 Å². The van der Waals surface area contributed by atoms with Gasteiger partial charge in [0.1, 0.15) is 6.10 Å². The van der Waals surface area contributed by atoms with E-state index in [1.165, 1.54) is 0 Å². The minimum Gasteiger partial charge on any atom is -0.391 e. The Morgan fingerprint density at radius 2 is 1.25 bits per heavy atom. The largest absolute Gasteiger partial charge is 0.391 e. The van der Waals surface area contributed by atoms with Gasteiger partial charge >= 0.3 is 0 Å². The van der Waals surface area contributed by atoms with Gasteiger partial charge in [0.25, 0.3) is 0 Å². The summed E-state index contributed by atoms with van der Waals surface area (Å²) in [7, 11) is 1.62. The summed E-state index contributed by atoms with van der Waals surface area (Å²) in [4.78, 5) is 0. The second-order valence-electron chi connectivity index (χ2n) is 4.77. The first kappa shape index (κ1) is 22.0. The average Bonchev–Trinajstić information content (AvgIpc) is 2.33. The Labute approximate surface area is 123 Å². The summed E-state index contributed by atoms with van der Waals surface area (Å²) >= 11 is 0. The third kappa shape index (κ3) is 14.2. The van der Waals surface area contributed by atoms with Crippen LogP contribution in [0.15, 0.2) is 0 Å². The normalized spacial score (nSPS) is 17.1. The first-order valence-corrected chi connectivity index (χ1v) is 6.61. The molecule has 0 aromatic carbocycles. The zero-order valence-electron chi connectivity index (χ0n) is 12.4. The maximum Gasteiger partial charge on any atom is 0.104 e. The highest BCUT2D eigenvalue weighted by Gasteiger charge is 2.13. The van der Waals surface area contributed by atoms with E-state index in [0.717, 1.165) is 0 Å². The minimum atomic E-state index is -0.503. The topological polar surface area (TPSA) is 77.4 Å². The van der Waals surface area contributed by atoms with E-state index in [1.807, 2.05) is 6.92 Å². The van der Waals surface area contributed by atoms with Crippen LogP contribution in [0.4, 0.5) is 0 Å². The molecule has 0 rings (SSSR count). The van der Waals surface area contributed by atoms with Crippen molar-refractivity contribution in [2.75, 3.05) is 40.1 Å². The van der Waals surface area contributed by atoms with Gasteiger partial charge in [-0.2, -0.15) is 0 Å². The van der Waals surface area contributed by atoms with Crippen molar-refractivity contribution in [2.45, 2.75) is 52.6 Å². The Morgan fingerprint density at radius 3 is 1.60 bits per heavy atom. The van der Waals surface area contributed by atoms with Crippen LogP contribution in [0.2, 0.25) is 0 Å². The van der Waals surface area contributed by atoms with Crippen molar-refractivity contribution in [3.8, 4) is 0 Å². The molecule has 0 aliphatic heterocycles. The summed E-state index contributed by atoms with van der Waals surface area (Å²) in [5.41, 5.74) is 0. The highest BCUT2D eigenvalue weighted by atomic mass is 16.6. The standard InChI is InChI=1S/C13H28O6.CH4/c1-10(14)5-17-8-13(9-18-6-11(2)15)19-7-12(3)16-4;/h10-15H,5-9H2,1-4H3;1H4.